The molecule has 0 saturated carbocycles. The van der Waals surface area contributed by atoms with Crippen LogP contribution in [-0.2, 0) is 4.74 Å². The van der Waals surface area contributed by atoms with Gasteiger partial charge < -0.3 is 10.1 Å². The highest BCUT2D eigenvalue weighted by Crippen LogP contribution is 2.23. The summed E-state index contributed by atoms with van der Waals surface area (Å²) in [5.41, 5.74) is 0.667. The molecule has 104 valence electrons. The van der Waals surface area contributed by atoms with E-state index < -0.39 is 4.92 Å². The molecule has 19 heavy (non-hydrogen) atoms. The Morgan fingerprint density at radius 3 is 3.00 bits per heavy atom. The van der Waals surface area contributed by atoms with E-state index >= 15 is 0 Å². The molecule has 0 aliphatic carbocycles. The van der Waals surface area contributed by atoms with Crippen LogP contribution in [0.4, 0.5) is 11.5 Å². The molecule has 2 atom stereocenters. The van der Waals surface area contributed by atoms with E-state index in [2.05, 4.69) is 17.2 Å². The van der Waals surface area contributed by atoms with Crippen molar-refractivity contribution < 1.29 is 9.66 Å². The average Bonchev–Trinajstić information content (AvgIpc) is 2.89. The maximum Gasteiger partial charge on any atom is 0.290 e. The van der Waals surface area contributed by atoms with Gasteiger partial charge in [0.05, 0.1) is 17.1 Å². The fraction of sp³-hybridized carbons (Fsp3) is 0.615. The second kappa shape index (κ2) is 5.97. The molecule has 2 unspecified atom stereocenters. The van der Waals surface area contributed by atoms with E-state index in [1.165, 1.54) is 6.20 Å². The molecule has 1 aliphatic heterocycles. The average molecular weight is 265 g/mol. The molecule has 0 radical (unpaired) electrons. The SMILES string of the molecule is CCC(Nc1cc(C)c([N+](=O)[O-])cn1)C1CCCO1. The Balaban J connectivity index is 2.09. The minimum Gasteiger partial charge on any atom is -0.376 e. The lowest BCUT2D eigenvalue weighted by molar-refractivity contribution is -0.385. The van der Waals surface area contributed by atoms with Crippen LogP contribution in [0.15, 0.2) is 12.3 Å². The Morgan fingerprint density at radius 1 is 1.68 bits per heavy atom. The van der Waals surface area contributed by atoms with Crippen LogP contribution in [0.5, 0.6) is 0 Å². The van der Waals surface area contributed by atoms with Gasteiger partial charge in [-0.05, 0) is 32.3 Å². The van der Waals surface area contributed by atoms with Gasteiger partial charge in [-0.2, -0.15) is 0 Å². The first-order chi connectivity index (χ1) is 9.11. The molecule has 6 heteroatoms. The Kier molecular flexibility index (Phi) is 4.31. The van der Waals surface area contributed by atoms with E-state index in [-0.39, 0.29) is 17.8 Å². The van der Waals surface area contributed by atoms with E-state index in [1.807, 2.05) is 0 Å². The number of nitrogens with zero attached hydrogens (tertiary/aromatic N) is 2. The zero-order chi connectivity index (χ0) is 13.8. The third-order valence-corrected chi connectivity index (χ3v) is 3.47. The van der Waals surface area contributed by atoms with Gasteiger partial charge in [0.1, 0.15) is 12.0 Å². The summed E-state index contributed by atoms with van der Waals surface area (Å²) in [5.74, 6) is 0.672. The van der Waals surface area contributed by atoms with Gasteiger partial charge >= 0.3 is 0 Å². The summed E-state index contributed by atoms with van der Waals surface area (Å²) < 4.78 is 5.67. The zero-order valence-electron chi connectivity index (χ0n) is 11.3. The molecule has 1 saturated heterocycles. The third kappa shape index (κ3) is 3.20. The number of nitrogens with one attached hydrogen (secondary N) is 1. The summed E-state index contributed by atoms with van der Waals surface area (Å²) in [5, 5.41) is 14.1. The van der Waals surface area contributed by atoms with E-state index in [0.717, 1.165) is 25.9 Å². The molecule has 2 rings (SSSR count). The summed E-state index contributed by atoms with van der Waals surface area (Å²) in [6.45, 7) is 4.63. The number of hydrogen-bond acceptors (Lipinski definition) is 5. The number of hydrogen-bond donors (Lipinski definition) is 1. The van der Waals surface area contributed by atoms with Crippen LogP contribution in [0.1, 0.15) is 31.7 Å². The van der Waals surface area contributed by atoms with Crippen molar-refractivity contribution in [3.63, 3.8) is 0 Å². The molecule has 1 aromatic heterocycles. The molecule has 1 N–H and O–H groups in total. The van der Waals surface area contributed by atoms with Crippen molar-refractivity contribution in [3.8, 4) is 0 Å². The van der Waals surface area contributed by atoms with E-state index in [4.69, 9.17) is 4.74 Å². The summed E-state index contributed by atoms with van der Waals surface area (Å²) >= 11 is 0. The summed E-state index contributed by atoms with van der Waals surface area (Å²) in [6, 6.07) is 1.92. The highest BCUT2D eigenvalue weighted by molar-refractivity contribution is 5.47. The predicted molar refractivity (Wildman–Crippen MR) is 72.3 cm³/mol. The van der Waals surface area contributed by atoms with Crippen LogP contribution in [-0.4, -0.2) is 28.7 Å². The minimum absolute atomic E-state index is 0.0516. The van der Waals surface area contributed by atoms with Crippen molar-refractivity contribution in [2.75, 3.05) is 11.9 Å². The van der Waals surface area contributed by atoms with Crippen LogP contribution in [0, 0.1) is 17.0 Å². The second-order valence-electron chi connectivity index (χ2n) is 4.82. The Bertz CT molecular complexity index is 458. The number of pyridine rings is 1. The highest BCUT2D eigenvalue weighted by Gasteiger charge is 2.25. The van der Waals surface area contributed by atoms with Gasteiger partial charge in [0.25, 0.3) is 5.69 Å². The monoisotopic (exact) mass is 265 g/mol. The maximum absolute atomic E-state index is 10.7. The molecule has 2 heterocycles. The number of ether oxygens (including phenoxy) is 1. The minimum atomic E-state index is -0.413. The summed E-state index contributed by atoms with van der Waals surface area (Å²) in [4.78, 5) is 14.4. The first-order valence-corrected chi connectivity index (χ1v) is 6.61. The number of nitro groups is 1. The van der Waals surface area contributed by atoms with E-state index in [9.17, 15) is 10.1 Å². The molecule has 6 nitrogen and oxygen atoms in total. The smallest absolute Gasteiger partial charge is 0.290 e. The van der Waals surface area contributed by atoms with Crippen molar-refractivity contribution in [2.24, 2.45) is 0 Å². The van der Waals surface area contributed by atoms with Gasteiger partial charge in [-0.15, -0.1) is 0 Å². The van der Waals surface area contributed by atoms with Crippen molar-refractivity contribution in [3.05, 3.63) is 27.9 Å². The summed E-state index contributed by atoms with van der Waals surface area (Å²) in [7, 11) is 0. The molecule has 0 bridgehead atoms. The quantitative estimate of drug-likeness (QED) is 0.654. The number of aromatic nitrogens is 1. The number of anilines is 1. The van der Waals surface area contributed by atoms with Crippen LogP contribution < -0.4 is 5.32 Å². The Hall–Kier alpha value is -1.69. The molecule has 0 aromatic carbocycles. The topological polar surface area (TPSA) is 77.3 Å². The van der Waals surface area contributed by atoms with Crippen LogP contribution in [0.25, 0.3) is 0 Å². The van der Waals surface area contributed by atoms with Crippen LogP contribution in [0.3, 0.4) is 0 Å². The first-order valence-electron chi connectivity index (χ1n) is 6.61. The van der Waals surface area contributed by atoms with Crippen LogP contribution in [0.2, 0.25) is 0 Å². The molecule has 0 spiro atoms. The standard InChI is InChI=1S/C13H19N3O3/c1-3-10(12-5-4-6-19-12)15-13-7-9(2)11(8-14-13)16(17)18/h7-8,10,12H,3-6H2,1-2H3,(H,14,15). The van der Waals surface area contributed by atoms with Gasteiger partial charge in [-0.3, -0.25) is 10.1 Å². The number of rotatable bonds is 5. The van der Waals surface area contributed by atoms with E-state index in [1.54, 1.807) is 13.0 Å². The molecular formula is C13H19N3O3. The molecule has 1 fully saturated rings. The molecular weight excluding hydrogens is 246 g/mol. The van der Waals surface area contributed by atoms with Gasteiger partial charge in [0.15, 0.2) is 0 Å². The van der Waals surface area contributed by atoms with Crippen molar-refractivity contribution in [1.29, 1.82) is 0 Å². The van der Waals surface area contributed by atoms with Crippen molar-refractivity contribution in [2.45, 2.75) is 45.3 Å². The number of aryl methyl sites for hydroxylation is 1. The first kappa shape index (κ1) is 13.7. The molecule has 0 amide bonds. The van der Waals surface area contributed by atoms with Crippen LogP contribution >= 0.6 is 0 Å². The lowest BCUT2D eigenvalue weighted by Crippen LogP contribution is -2.32. The predicted octanol–water partition coefficient (Wildman–Crippen LogP) is 2.67. The fourth-order valence-corrected chi connectivity index (χ4v) is 2.39. The third-order valence-electron chi connectivity index (χ3n) is 3.47. The Morgan fingerprint density at radius 2 is 2.47 bits per heavy atom. The maximum atomic E-state index is 10.7. The van der Waals surface area contributed by atoms with Crippen molar-refractivity contribution in [1.82, 2.24) is 4.98 Å². The van der Waals surface area contributed by atoms with Gasteiger partial charge in [0.2, 0.25) is 0 Å². The van der Waals surface area contributed by atoms with E-state index in [0.29, 0.717) is 11.4 Å². The lowest BCUT2D eigenvalue weighted by atomic mass is 10.1. The lowest BCUT2D eigenvalue weighted by Gasteiger charge is -2.23. The molecule has 1 aromatic rings. The Labute approximate surface area is 112 Å². The zero-order valence-corrected chi connectivity index (χ0v) is 11.3. The molecule has 1 aliphatic rings. The normalized spacial score (nSPS) is 20.2. The van der Waals surface area contributed by atoms with Crippen molar-refractivity contribution >= 4 is 11.5 Å². The van der Waals surface area contributed by atoms with Gasteiger partial charge in [-0.25, -0.2) is 4.98 Å². The second-order valence-corrected chi connectivity index (χ2v) is 4.82. The largest absolute Gasteiger partial charge is 0.376 e. The fourth-order valence-electron chi connectivity index (χ4n) is 2.39. The highest BCUT2D eigenvalue weighted by atomic mass is 16.6. The van der Waals surface area contributed by atoms with Gasteiger partial charge in [-0.1, -0.05) is 6.92 Å². The summed E-state index contributed by atoms with van der Waals surface area (Å²) in [6.07, 6.45) is 4.59. The van der Waals surface area contributed by atoms with Gasteiger partial charge in [0, 0.05) is 12.2 Å².